The third-order valence-corrected chi connectivity index (χ3v) is 8.21. The second-order valence-corrected chi connectivity index (χ2v) is 12.5. The van der Waals surface area contributed by atoms with Crippen LogP contribution in [0, 0.1) is 0 Å². The summed E-state index contributed by atoms with van der Waals surface area (Å²) in [4.78, 5) is 50.2. The number of benzene rings is 1. The number of aromatic nitrogens is 2. The number of ether oxygens (including phenoxy) is 2. The van der Waals surface area contributed by atoms with Crippen molar-refractivity contribution in [3.05, 3.63) is 63.4 Å². The van der Waals surface area contributed by atoms with E-state index in [1.165, 1.54) is 19.1 Å². The molecule has 2 aromatic rings. The molecule has 0 radical (unpaired) electrons. The van der Waals surface area contributed by atoms with Crippen LogP contribution in [0.3, 0.4) is 0 Å². The molecule has 12 nitrogen and oxygen atoms in total. The van der Waals surface area contributed by atoms with Gasteiger partial charge in [-0.3, -0.25) is 28.5 Å². The van der Waals surface area contributed by atoms with Crippen LogP contribution in [0.25, 0.3) is 0 Å². The molecule has 0 bridgehead atoms. The van der Waals surface area contributed by atoms with Gasteiger partial charge in [0.05, 0.1) is 12.6 Å². The van der Waals surface area contributed by atoms with Crippen LogP contribution in [0.5, 0.6) is 5.75 Å². The van der Waals surface area contributed by atoms with E-state index in [4.69, 9.17) is 18.5 Å². The Morgan fingerprint density at radius 1 is 1.23 bits per heavy atom. The van der Waals surface area contributed by atoms with E-state index >= 15 is 4.39 Å². The Labute approximate surface area is 228 Å². The van der Waals surface area contributed by atoms with E-state index in [0.29, 0.717) is 0 Å². The van der Waals surface area contributed by atoms with Crippen LogP contribution in [0.15, 0.2) is 52.2 Å². The number of H-pyrrole nitrogens is 1. The van der Waals surface area contributed by atoms with Crippen LogP contribution in [0.1, 0.15) is 40.8 Å². The molecule has 1 aromatic carbocycles. The maximum atomic E-state index is 16.0. The zero-order valence-corrected chi connectivity index (χ0v) is 23.7. The van der Waals surface area contributed by atoms with E-state index in [1.54, 1.807) is 18.2 Å². The summed E-state index contributed by atoms with van der Waals surface area (Å²) in [5, 5.41) is 2.26. The molecule has 2 N–H and O–H groups in total. The summed E-state index contributed by atoms with van der Waals surface area (Å²) in [6.45, 7) is 6.66. The van der Waals surface area contributed by atoms with Crippen molar-refractivity contribution in [3.63, 3.8) is 0 Å². The predicted octanol–water partition coefficient (Wildman–Crippen LogP) is 2.94. The lowest BCUT2D eigenvalue weighted by molar-refractivity contribution is -0.155. The summed E-state index contributed by atoms with van der Waals surface area (Å²) < 4.78 is 52.8. The molecule has 0 spiro atoms. The van der Waals surface area contributed by atoms with Gasteiger partial charge in [-0.1, -0.05) is 43.8 Å². The molecule has 1 aliphatic rings. The van der Waals surface area contributed by atoms with Crippen LogP contribution in [-0.4, -0.2) is 56.4 Å². The number of nitrogens with one attached hydrogen (secondary N) is 2. The number of para-hydroxylation sites is 1. The van der Waals surface area contributed by atoms with Gasteiger partial charge >= 0.3 is 19.4 Å². The molecule has 2 heterocycles. The number of hydrogen-bond donors (Lipinski definition) is 2. The number of alkyl halides is 1. The second-order valence-electron chi connectivity index (χ2n) is 9.26. The van der Waals surface area contributed by atoms with Crippen molar-refractivity contribution in [2.24, 2.45) is 0 Å². The number of esters is 1. The number of hydrogen-bond acceptors (Lipinski definition) is 10. The molecule has 15 heteroatoms. The Hall–Kier alpha value is -2.77. The van der Waals surface area contributed by atoms with Crippen molar-refractivity contribution in [2.75, 3.05) is 6.61 Å². The largest absolute Gasteiger partial charge is 0.459 e. The van der Waals surface area contributed by atoms with Crippen molar-refractivity contribution < 1.29 is 37.1 Å². The maximum absolute atomic E-state index is 16.0. The van der Waals surface area contributed by atoms with Crippen molar-refractivity contribution >= 4 is 30.6 Å². The molecule has 1 saturated heterocycles. The van der Waals surface area contributed by atoms with Crippen LogP contribution < -0.4 is 20.9 Å². The highest BCUT2D eigenvalue weighted by molar-refractivity contribution is 8.14. The quantitative estimate of drug-likeness (QED) is 0.294. The number of thioether (sulfide) groups is 1. The van der Waals surface area contributed by atoms with Gasteiger partial charge in [0.15, 0.2) is 18.0 Å². The van der Waals surface area contributed by atoms with Crippen molar-refractivity contribution in [2.45, 2.75) is 70.0 Å². The molecular weight excluding hydrogens is 556 g/mol. The molecule has 6 atom stereocenters. The van der Waals surface area contributed by atoms with Crippen molar-refractivity contribution in [1.29, 1.82) is 0 Å². The van der Waals surface area contributed by atoms with E-state index in [2.05, 4.69) is 5.09 Å². The van der Waals surface area contributed by atoms with Gasteiger partial charge in [0.1, 0.15) is 11.9 Å². The zero-order valence-electron chi connectivity index (χ0n) is 22.0. The predicted molar refractivity (Wildman–Crippen MR) is 141 cm³/mol. The fourth-order valence-corrected chi connectivity index (χ4v) is 6.15. The summed E-state index contributed by atoms with van der Waals surface area (Å²) in [5.41, 5.74) is -4.12. The Balaban J connectivity index is 1.89. The Bertz CT molecular complexity index is 1330. The molecule has 0 unspecified atom stereocenters. The minimum atomic E-state index is -4.30. The number of halogens is 1. The molecule has 1 fully saturated rings. The normalized spacial score (nSPS) is 25.2. The Morgan fingerprint density at radius 2 is 1.90 bits per heavy atom. The minimum absolute atomic E-state index is 0.0241. The smallest absolute Gasteiger partial charge is 0.456 e. The highest BCUT2D eigenvalue weighted by Gasteiger charge is 2.58. The van der Waals surface area contributed by atoms with Gasteiger partial charge in [-0.15, -0.1) is 0 Å². The van der Waals surface area contributed by atoms with Crippen molar-refractivity contribution in [1.82, 2.24) is 14.6 Å². The van der Waals surface area contributed by atoms with Gasteiger partial charge in [0.2, 0.25) is 5.12 Å². The molecule has 214 valence electrons. The van der Waals surface area contributed by atoms with E-state index in [9.17, 15) is 23.7 Å². The number of rotatable bonds is 11. The first-order valence-corrected chi connectivity index (χ1v) is 14.4. The molecule has 1 aromatic heterocycles. The summed E-state index contributed by atoms with van der Waals surface area (Å²) >= 11 is 1.04. The average molecular weight is 588 g/mol. The molecule has 39 heavy (non-hydrogen) atoms. The number of carbonyl (C=O) groups excluding carboxylic acids is 2. The van der Waals surface area contributed by atoms with E-state index < -0.39 is 61.7 Å². The SMILES string of the molecule is CC(=O)O[C@@H]1[C@@H](CO[P@@](=O)(N[C@@H](C)C(=O)SC(C)C)Oc2ccccc2)O[C@@H](n2ccc(=O)[nH]c2=O)[C@]1(C)F. The standard InChI is InChI=1S/C24H31FN3O9PS/c1-14(2)39-21(31)15(3)27-38(33,37-17-9-7-6-8-10-17)34-13-18-20(35-16(4)29)24(5,25)22(36-18)28-12-11-19(30)26-23(28)32/h6-12,14-15,18,20,22H,13H2,1-5H3,(H,27,33)(H,26,30,32)/t15-,18+,20+,22+,24+,38-/m0/s1. The summed E-state index contributed by atoms with van der Waals surface area (Å²) in [6.07, 6.45) is -3.55. The molecule has 1 aliphatic heterocycles. The van der Waals surface area contributed by atoms with Gasteiger partial charge in [0, 0.05) is 24.4 Å². The van der Waals surface area contributed by atoms with E-state index in [1.807, 2.05) is 18.8 Å². The first-order chi connectivity index (χ1) is 18.2. The third kappa shape index (κ3) is 7.89. The number of carbonyl (C=O) groups is 2. The van der Waals surface area contributed by atoms with Gasteiger partial charge in [-0.2, -0.15) is 0 Å². The van der Waals surface area contributed by atoms with Crippen LogP contribution >= 0.6 is 19.5 Å². The van der Waals surface area contributed by atoms with E-state index in [0.717, 1.165) is 42.4 Å². The van der Waals surface area contributed by atoms with Crippen molar-refractivity contribution in [3.8, 4) is 5.75 Å². The van der Waals surface area contributed by atoms with Gasteiger partial charge < -0.3 is 14.0 Å². The minimum Gasteiger partial charge on any atom is -0.456 e. The highest BCUT2D eigenvalue weighted by atomic mass is 32.2. The first kappa shape index (κ1) is 30.8. The van der Waals surface area contributed by atoms with E-state index in [-0.39, 0.29) is 16.1 Å². The fourth-order valence-electron chi connectivity index (χ4n) is 3.83. The van der Waals surface area contributed by atoms with Crippen LogP contribution in [0.4, 0.5) is 4.39 Å². The van der Waals surface area contributed by atoms with Gasteiger partial charge in [-0.25, -0.2) is 18.8 Å². The first-order valence-electron chi connectivity index (χ1n) is 12.0. The second kappa shape index (κ2) is 12.6. The number of nitrogens with zero attached hydrogens (tertiary/aromatic N) is 1. The monoisotopic (exact) mass is 587 g/mol. The fraction of sp³-hybridized carbons (Fsp3) is 0.500. The Kier molecular flexibility index (Phi) is 9.94. The number of aromatic amines is 1. The molecule has 0 aliphatic carbocycles. The Morgan fingerprint density at radius 3 is 2.49 bits per heavy atom. The molecule has 0 amide bonds. The molecular formula is C24H31FN3O9PS. The zero-order chi connectivity index (χ0) is 29.0. The summed E-state index contributed by atoms with van der Waals surface area (Å²) in [6, 6.07) is 8.09. The third-order valence-electron chi connectivity index (χ3n) is 5.51. The van der Waals surface area contributed by atoms with Crippen LogP contribution in [-0.2, 0) is 28.2 Å². The van der Waals surface area contributed by atoms with Gasteiger partial charge in [-0.05, 0) is 26.0 Å². The highest BCUT2D eigenvalue weighted by Crippen LogP contribution is 2.48. The summed E-state index contributed by atoms with van der Waals surface area (Å²) in [7, 11) is -4.30. The summed E-state index contributed by atoms with van der Waals surface area (Å²) in [5.74, 6) is -0.667. The average Bonchev–Trinajstić information content (AvgIpc) is 3.07. The lowest BCUT2D eigenvalue weighted by Crippen LogP contribution is -2.46. The van der Waals surface area contributed by atoms with Crippen LogP contribution in [0.2, 0.25) is 0 Å². The topological polar surface area (TPSA) is 155 Å². The maximum Gasteiger partial charge on any atom is 0.459 e. The lowest BCUT2D eigenvalue weighted by atomic mass is 9.98. The molecule has 3 rings (SSSR count). The molecule has 0 saturated carbocycles. The van der Waals surface area contributed by atoms with Gasteiger partial charge in [0.25, 0.3) is 5.56 Å². The lowest BCUT2D eigenvalue weighted by Gasteiger charge is -2.28.